The van der Waals surface area contributed by atoms with Gasteiger partial charge >= 0.3 is 0 Å². The standard InChI is InChI=1S/C31H40N2O3/c1-35-28-11-12-29-25(23-28)8-13-31(33-18-14-26(34)15-19-33)30(29)22-24-6-9-27(10-7-24)36-21-20-32-16-4-2-3-5-17-32/h6-13,23,26,34H,2-5,14-22H2,1H3. The van der Waals surface area contributed by atoms with Gasteiger partial charge < -0.3 is 19.5 Å². The van der Waals surface area contributed by atoms with E-state index in [0.717, 1.165) is 57.0 Å². The molecule has 0 radical (unpaired) electrons. The summed E-state index contributed by atoms with van der Waals surface area (Å²) >= 11 is 0. The summed E-state index contributed by atoms with van der Waals surface area (Å²) in [5.74, 6) is 1.82. The van der Waals surface area contributed by atoms with Crippen molar-refractivity contribution in [2.75, 3.05) is 51.3 Å². The van der Waals surface area contributed by atoms with E-state index in [-0.39, 0.29) is 6.10 Å². The van der Waals surface area contributed by atoms with Crippen molar-refractivity contribution >= 4 is 16.5 Å². The number of ether oxygens (including phenoxy) is 2. The van der Waals surface area contributed by atoms with Crippen molar-refractivity contribution in [2.45, 2.75) is 51.0 Å². The monoisotopic (exact) mass is 488 g/mol. The summed E-state index contributed by atoms with van der Waals surface area (Å²) in [5.41, 5.74) is 3.88. The Morgan fingerprint density at radius 1 is 0.833 bits per heavy atom. The average molecular weight is 489 g/mol. The molecule has 3 aromatic rings. The first kappa shape index (κ1) is 24.9. The minimum absolute atomic E-state index is 0.179. The predicted molar refractivity (Wildman–Crippen MR) is 148 cm³/mol. The number of likely N-dealkylation sites (tertiary alicyclic amines) is 1. The fraction of sp³-hybridized carbons (Fsp3) is 0.484. The topological polar surface area (TPSA) is 45.2 Å². The Hall–Kier alpha value is -2.76. The van der Waals surface area contributed by atoms with Crippen LogP contribution in [0.15, 0.2) is 54.6 Å². The van der Waals surface area contributed by atoms with E-state index in [1.807, 2.05) is 0 Å². The van der Waals surface area contributed by atoms with Crippen LogP contribution in [0.2, 0.25) is 0 Å². The van der Waals surface area contributed by atoms with Crippen LogP contribution in [0.3, 0.4) is 0 Å². The summed E-state index contributed by atoms with van der Waals surface area (Å²) < 4.78 is 11.6. The highest BCUT2D eigenvalue weighted by atomic mass is 16.5. The molecule has 0 atom stereocenters. The van der Waals surface area contributed by atoms with Gasteiger partial charge in [0.05, 0.1) is 13.2 Å². The van der Waals surface area contributed by atoms with Gasteiger partial charge in [0.2, 0.25) is 0 Å². The van der Waals surface area contributed by atoms with Crippen LogP contribution in [0, 0.1) is 0 Å². The van der Waals surface area contributed by atoms with Crippen LogP contribution in [-0.4, -0.2) is 62.6 Å². The van der Waals surface area contributed by atoms with E-state index in [1.54, 1.807) is 7.11 Å². The Bertz CT molecular complexity index is 1110. The fourth-order valence-electron chi connectivity index (χ4n) is 5.64. The van der Waals surface area contributed by atoms with Gasteiger partial charge in [-0.1, -0.05) is 37.1 Å². The molecule has 0 amide bonds. The van der Waals surface area contributed by atoms with Crippen LogP contribution < -0.4 is 14.4 Å². The molecule has 3 aromatic carbocycles. The molecular formula is C31H40N2O3. The number of methoxy groups -OCH3 is 1. The molecule has 2 fully saturated rings. The van der Waals surface area contributed by atoms with Crippen LogP contribution in [-0.2, 0) is 6.42 Å². The number of piperidine rings is 1. The van der Waals surface area contributed by atoms with E-state index in [2.05, 4.69) is 64.4 Å². The maximum atomic E-state index is 10.0. The van der Waals surface area contributed by atoms with Gasteiger partial charge in [0, 0.05) is 31.7 Å². The molecule has 1 N–H and O–H groups in total. The summed E-state index contributed by atoms with van der Waals surface area (Å²) in [6, 6.07) is 19.4. The quantitative estimate of drug-likeness (QED) is 0.444. The number of aliphatic hydroxyl groups excluding tert-OH is 1. The molecule has 5 nitrogen and oxygen atoms in total. The molecule has 0 bridgehead atoms. The van der Waals surface area contributed by atoms with E-state index in [1.165, 1.54) is 66.4 Å². The molecule has 0 spiro atoms. The first-order valence-electron chi connectivity index (χ1n) is 13.7. The zero-order chi connectivity index (χ0) is 24.7. The van der Waals surface area contributed by atoms with E-state index in [0.29, 0.717) is 0 Å². The molecule has 36 heavy (non-hydrogen) atoms. The maximum Gasteiger partial charge on any atom is 0.119 e. The SMILES string of the molecule is COc1ccc2c(Cc3ccc(OCCN4CCCCCC4)cc3)c(N3CCC(O)CC3)ccc2c1. The van der Waals surface area contributed by atoms with E-state index in [9.17, 15) is 5.11 Å². The maximum absolute atomic E-state index is 10.0. The van der Waals surface area contributed by atoms with Crippen molar-refractivity contribution in [3.8, 4) is 11.5 Å². The smallest absolute Gasteiger partial charge is 0.119 e. The second kappa shape index (κ2) is 12.0. The van der Waals surface area contributed by atoms with Crippen molar-refractivity contribution in [1.29, 1.82) is 0 Å². The summed E-state index contributed by atoms with van der Waals surface area (Å²) in [5, 5.41) is 12.5. The Balaban J connectivity index is 1.31. The van der Waals surface area contributed by atoms with Gasteiger partial charge in [-0.15, -0.1) is 0 Å². The van der Waals surface area contributed by atoms with Gasteiger partial charge in [-0.05, 0) is 91.0 Å². The number of nitrogens with zero attached hydrogens (tertiary/aromatic N) is 2. The lowest BCUT2D eigenvalue weighted by Crippen LogP contribution is -2.36. The summed E-state index contributed by atoms with van der Waals surface area (Å²) in [7, 11) is 1.72. The van der Waals surface area contributed by atoms with Gasteiger partial charge in [-0.2, -0.15) is 0 Å². The van der Waals surface area contributed by atoms with Crippen molar-refractivity contribution in [1.82, 2.24) is 4.90 Å². The highest BCUT2D eigenvalue weighted by molar-refractivity contribution is 5.91. The van der Waals surface area contributed by atoms with Gasteiger partial charge in [0.15, 0.2) is 0 Å². The molecule has 2 saturated heterocycles. The molecule has 2 heterocycles. The largest absolute Gasteiger partial charge is 0.497 e. The molecule has 2 aliphatic rings. The Kier molecular flexibility index (Phi) is 8.29. The number of rotatable bonds is 8. The summed E-state index contributed by atoms with van der Waals surface area (Å²) in [6.07, 6.45) is 7.68. The Labute approximate surface area is 215 Å². The van der Waals surface area contributed by atoms with Gasteiger partial charge in [-0.25, -0.2) is 0 Å². The predicted octanol–water partition coefficient (Wildman–Crippen LogP) is 5.66. The van der Waals surface area contributed by atoms with Gasteiger partial charge in [-0.3, -0.25) is 4.90 Å². The van der Waals surface area contributed by atoms with Crippen LogP contribution in [0.4, 0.5) is 5.69 Å². The van der Waals surface area contributed by atoms with Crippen molar-refractivity contribution in [2.24, 2.45) is 0 Å². The zero-order valence-corrected chi connectivity index (χ0v) is 21.6. The third kappa shape index (κ3) is 6.13. The lowest BCUT2D eigenvalue weighted by Gasteiger charge is -2.33. The van der Waals surface area contributed by atoms with Crippen molar-refractivity contribution in [3.63, 3.8) is 0 Å². The molecule has 0 unspecified atom stereocenters. The van der Waals surface area contributed by atoms with E-state index in [4.69, 9.17) is 9.47 Å². The van der Waals surface area contributed by atoms with Crippen LogP contribution in [0.1, 0.15) is 49.7 Å². The first-order chi connectivity index (χ1) is 17.7. The van der Waals surface area contributed by atoms with Gasteiger partial charge in [0.25, 0.3) is 0 Å². The molecule has 5 heteroatoms. The number of anilines is 1. The third-order valence-corrected chi connectivity index (χ3v) is 7.80. The van der Waals surface area contributed by atoms with Crippen LogP contribution in [0.5, 0.6) is 11.5 Å². The minimum Gasteiger partial charge on any atom is -0.497 e. The van der Waals surface area contributed by atoms with Crippen LogP contribution in [0.25, 0.3) is 10.8 Å². The summed E-state index contributed by atoms with van der Waals surface area (Å²) in [4.78, 5) is 4.98. The Morgan fingerprint density at radius 3 is 2.28 bits per heavy atom. The summed E-state index contributed by atoms with van der Waals surface area (Å²) in [6.45, 7) is 5.94. The Morgan fingerprint density at radius 2 is 1.56 bits per heavy atom. The number of aliphatic hydroxyl groups is 1. The second-order valence-corrected chi connectivity index (χ2v) is 10.3. The fourth-order valence-corrected chi connectivity index (χ4v) is 5.64. The lowest BCUT2D eigenvalue weighted by molar-refractivity contribution is 0.145. The molecule has 5 rings (SSSR count). The second-order valence-electron chi connectivity index (χ2n) is 10.3. The first-order valence-corrected chi connectivity index (χ1v) is 13.7. The number of hydrogen-bond donors (Lipinski definition) is 1. The van der Waals surface area contributed by atoms with E-state index >= 15 is 0 Å². The average Bonchev–Trinajstić information content (AvgIpc) is 3.19. The third-order valence-electron chi connectivity index (χ3n) is 7.80. The van der Waals surface area contributed by atoms with Crippen LogP contribution >= 0.6 is 0 Å². The van der Waals surface area contributed by atoms with Gasteiger partial charge in [0.1, 0.15) is 18.1 Å². The van der Waals surface area contributed by atoms with Crippen molar-refractivity contribution < 1.29 is 14.6 Å². The highest BCUT2D eigenvalue weighted by Crippen LogP contribution is 2.34. The lowest BCUT2D eigenvalue weighted by atomic mass is 9.94. The highest BCUT2D eigenvalue weighted by Gasteiger charge is 2.21. The molecule has 0 aliphatic carbocycles. The number of fused-ring (bicyclic) bond motifs is 1. The molecule has 0 saturated carbocycles. The normalized spacial score (nSPS) is 17.8. The van der Waals surface area contributed by atoms with E-state index < -0.39 is 0 Å². The molecule has 0 aromatic heterocycles. The number of benzene rings is 3. The van der Waals surface area contributed by atoms with Crippen molar-refractivity contribution in [3.05, 3.63) is 65.7 Å². The zero-order valence-electron chi connectivity index (χ0n) is 21.6. The number of hydrogen-bond acceptors (Lipinski definition) is 5. The molecule has 192 valence electrons. The molecular weight excluding hydrogens is 448 g/mol. The minimum atomic E-state index is -0.179. The molecule has 2 aliphatic heterocycles.